The van der Waals surface area contributed by atoms with Gasteiger partial charge in [-0.15, -0.1) is 0 Å². The van der Waals surface area contributed by atoms with Crippen LogP contribution in [0.15, 0.2) is 12.1 Å². The first kappa shape index (κ1) is 12.5. The number of phenolic OH excluding ortho intramolecular Hbond substituents is 1. The van der Waals surface area contributed by atoms with E-state index < -0.39 is 0 Å². The zero-order valence-electron chi connectivity index (χ0n) is 9.71. The van der Waals surface area contributed by atoms with Gasteiger partial charge in [0.05, 0.1) is 0 Å². The average molecular weight is 222 g/mol. The summed E-state index contributed by atoms with van der Waals surface area (Å²) in [7, 11) is 0. The van der Waals surface area contributed by atoms with E-state index in [1.54, 1.807) is 0 Å². The molecule has 0 saturated carbocycles. The first-order chi connectivity index (χ1) is 7.54. The maximum atomic E-state index is 10.9. The highest BCUT2D eigenvalue weighted by atomic mass is 16.3. The lowest BCUT2D eigenvalue weighted by atomic mass is 10.0. The van der Waals surface area contributed by atoms with Crippen LogP contribution in [0.3, 0.4) is 0 Å². The number of hydrazine groups is 1. The number of amides is 1. The molecule has 0 fully saturated rings. The van der Waals surface area contributed by atoms with E-state index in [0.29, 0.717) is 12.2 Å². The van der Waals surface area contributed by atoms with Crippen molar-refractivity contribution in [1.29, 1.82) is 0 Å². The molecule has 1 amide bonds. The summed E-state index contributed by atoms with van der Waals surface area (Å²) in [5.74, 6) is 5.19. The predicted molar refractivity (Wildman–Crippen MR) is 62.8 cm³/mol. The van der Waals surface area contributed by atoms with Crippen LogP contribution in [-0.4, -0.2) is 11.0 Å². The van der Waals surface area contributed by atoms with Gasteiger partial charge in [-0.25, -0.2) is 5.84 Å². The van der Waals surface area contributed by atoms with Crippen LogP contribution >= 0.6 is 0 Å². The van der Waals surface area contributed by atoms with Crippen LogP contribution in [0.25, 0.3) is 0 Å². The van der Waals surface area contributed by atoms with E-state index >= 15 is 0 Å². The maximum absolute atomic E-state index is 10.9. The van der Waals surface area contributed by atoms with Gasteiger partial charge in [0, 0.05) is 6.42 Å². The third-order valence-corrected chi connectivity index (χ3v) is 2.58. The molecule has 0 heterocycles. The largest absolute Gasteiger partial charge is 0.507 e. The van der Waals surface area contributed by atoms with E-state index in [-0.39, 0.29) is 5.91 Å². The molecule has 1 aromatic carbocycles. The fourth-order valence-corrected chi connectivity index (χ4v) is 1.72. The SMILES string of the molecule is Cc1cc(CCCC(=O)NN)cc(C)c1O. The van der Waals surface area contributed by atoms with Gasteiger partial charge in [0.25, 0.3) is 0 Å². The summed E-state index contributed by atoms with van der Waals surface area (Å²) in [5.41, 5.74) is 4.99. The summed E-state index contributed by atoms with van der Waals surface area (Å²) in [6.07, 6.45) is 2.00. The maximum Gasteiger partial charge on any atom is 0.233 e. The first-order valence-corrected chi connectivity index (χ1v) is 5.33. The second-order valence-electron chi connectivity index (χ2n) is 4.00. The van der Waals surface area contributed by atoms with E-state index in [4.69, 9.17) is 5.84 Å². The Hall–Kier alpha value is -1.55. The highest BCUT2D eigenvalue weighted by Crippen LogP contribution is 2.23. The monoisotopic (exact) mass is 222 g/mol. The van der Waals surface area contributed by atoms with E-state index in [1.165, 1.54) is 0 Å². The van der Waals surface area contributed by atoms with Gasteiger partial charge in [0.15, 0.2) is 0 Å². The minimum absolute atomic E-state index is 0.146. The third kappa shape index (κ3) is 3.24. The van der Waals surface area contributed by atoms with Crippen LogP contribution in [0.5, 0.6) is 5.75 Å². The molecule has 0 saturated heterocycles. The van der Waals surface area contributed by atoms with E-state index in [2.05, 4.69) is 5.43 Å². The highest BCUT2D eigenvalue weighted by Gasteiger charge is 2.04. The summed E-state index contributed by atoms with van der Waals surface area (Å²) in [6.45, 7) is 3.75. The minimum Gasteiger partial charge on any atom is -0.507 e. The molecule has 88 valence electrons. The number of phenols is 1. The number of aryl methyl sites for hydroxylation is 3. The van der Waals surface area contributed by atoms with Crippen LogP contribution < -0.4 is 11.3 Å². The number of carbonyl (C=O) groups excluding carboxylic acids is 1. The van der Waals surface area contributed by atoms with Crippen molar-refractivity contribution in [1.82, 2.24) is 5.43 Å². The van der Waals surface area contributed by atoms with Gasteiger partial charge in [-0.2, -0.15) is 0 Å². The third-order valence-electron chi connectivity index (χ3n) is 2.58. The van der Waals surface area contributed by atoms with Crippen molar-refractivity contribution in [3.63, 3.8) is 0 Å². The Bertz CT molecular complexity index is 366. The number of rotatable bonds is 4. The fourth-order valence-electron chi connectivity index (χ4n) is 1.72. The molecule has 1 rings (SSSR count). The summed E-state index contributed by atoms with van der Waals surface area (Å²) in [5, 5.41) is 9.60. The van der Waals surface area contributed by atoms with E-state index in [1.807, 2.05) is 26.0 Å². The number of hydrogen-bond donors (Lipinski definition) is 3. The molecule has 0 spiro atoms. The molecule has 0 aliphatic heterocycles. The van der Waals surface area contributed by atoms with Crippen molar-refractivity contribution in [3.05, 3.63) is 28.8 Å². The molecule has 0 atom stereocenters. The van der Waals surface area contributed by atoms with Gasteiger partial charge in [-0.3, -0.25) is 10.2 Å². The van der Waals surface area contributed by atoms with Crippen LogP contribution in [-0.2, 0) is 11.2 Å². The molecule has 0 aliphatic carbocycles. The summed E-state index contributed by atoms with van der Waals surface area (Å²) in [4.78, 5) is 10.9. The van der Waals surface area contributed by atoms with Crippen molar-refractivity contribution >= 4 is 5.91 Å². The Morgan fingerprint density at radius 2 is 1.94 bits per heavy atom. The predicted octanol–water partition coefficient (Wildman–Crippen LogP) is 1.32. The normalized spacial score (nSPS) is 10.2. The molecule has 4 nitrogen and oxygen atoms in total. The second-order valence-corrected chi connectivity index (χ2v) is 4.00. The number of nitrogens with one attached hydrogen (secondary N) is 1. The molecule has 0 aromatic heterocycles. The topological polar surface area (TPSA) is 75.4 Å². The standard InChI is InChI=1S/C12H18N2O2/c1-8-6-10(7-9(2)12(8)16)4-3-5-11(15)14-13/h6-7,16H,3-5,13H2,1-2H3,(H,14,15). The van der Waals surface area contributed by atoms with Crippen molar-refractivity contribution in [2.45, 2.75) is 33.1 Å². The van der Waals surface area contributed by atoms with Gasteiger partial charge >= 0.3 is 0 Å². The smallest absolute Gasteiger partial charge is 0.233 e. The summed E-state index contributed by atoms with van der Waals surface area (Å²) in [6, 6.07) is 3.89. The molecule has 0 bridgehead atoms. The zero-order chi connectivity index (χ0) is 12.1. The van der Waals surface area contributed by atoms with E-state index in [9.17, 15) is 9.90 Å². The molecule has 0 radical (unpaired) electrons. The van der Waals surface area contributed by atoms with Crippen LogP contribution in [0.1, 0.15) is 29.5 Å². The Morgan fingerprint density at radius 1 is 1.38 bits per heavy atom. The zero-order valence-corrected chi connectivity index (χ0v) is 9.71. The fraction of sp³-hybridized carbons (Fsp3) is 0.417. The number of aromatic hydroxyl groups is 1. The summed E-state index contributed by atoms with van der Waals surface area (Å²) < 4.78 is 0. The van der Waals surface area contributed by atoms with Crippen molar-refractivity contribution in [2.75, 3.05) is 0 Å². The Labute approximate surface area is 95.4 Å². The van der Waals surface area contributed by atoms with E-state index in [0.717, 1.165) is 29.5 Å². The lowest BCUT2D eigenvalue weighted by molar-refractivity contribution is -0.121. The second kappa shape index (κ2) is 5.51. The molecule has 0 aliphatic rings. The minimum atomic E-state index is -0.146. The van der Waals surface area contributed by atoms with Gasteiger partial charge in [-0.1, -0.05) is 12.1 Å². The average Bonchev–Trinajstić information content (AvgIpc) is 2.25. The lowest BCUT2D eigenvalue weighted by Crippen LogP contribution is -2.29. The molecular formula is C12H18N2O2. The molecule has 0 unspecified atom stereocenters. The van der Waals surface area contributed by atoms with Crippen LogP contribution in [0.4, 0.5) is 0 Å². The van der Waals surface area contributed by atoms with Crippen LogP contribution in [0.2, 0.25) is 0 Å². The number of nitrogens with two attached hydrogens (primary N) is 1. The lowest BCUT2D eigenvalue weighted by Gasteiger charge is -2.07. The highest BCUT2D eigenvalue weighted by molar-refractivity contribution is 5.75. The van der Waals surface area contributed by atoms with Gasteiger partial charge < -0.3 is 5.11 Å². The van der Waals surface area contributed by atoms with Crippen LogP contribution in [0, 0.1) is 13.8 Å². The van der Waals surface area contributed by atoms with Crippen molar-refractivity contribution in [2.24, 2.45) is 5.84 Å². The van der Waals surface area contributed by atoms with Gasteiger partial charge in [-0.05, 0) is 43.4 Å². The van der Waals surface area contributed by atoms with Crippen molar-refractivity contribution < 1.29 is 9.90 Å². The van der Waals surface area contributed by atoms with Crippen molar-refractivity contribution in [3.8, 4) is 5.75 Å². The molecule has 1 aromatic rings. The van der Waals surface area contributed by atoms with Gasteiger partial charge in [0.2, 0.25) is 5.91 Å². The molecule has 16 heavy (non-hydrogen) atoms. The first-order valence-electron chi connectivity index (χ1n) is 5.33. The summed E-state index contributed by atoms with van der Waals surface area (Å²) >= 11 is 0. The number of hydrogen-bond acceptors (Lipinski definition) is 3. The molecular weight excluding hydrogens is 204 g/mol. The molecule has 4 N–H and O–H groups in total. The Morgan fingerprint density at radius 3 is 2.44 bits per heavy atom. The van der Waals surface area contributed by atoms with Gasteiger partial charge in [0.1, 0.15) is 5.75 Å². The number of benzene rings is 1. The molecule has 4 heteroatoms. The quantitative estimate of drug-likeness (QED) is 0.408. The Kier molecular flexibility index (Phi) is 4.31. The Balaban J connectivity index is 2.58. The number of carbonyl (C=O) groups is 1.